The van der Waals surface area contributed by atoms with Crippen LogP contribution >= 0.6 is 11.3 Å². The molecule has 2 aromatic heterocycles. The predicted molar refractivity (Wildman–Crippen MR) is 68.4 cm³/mol. The number of aryl methyl sites for hydroxylation is 1. The van der Waals surface area contributed by atoms with E-state index in [0.717, 1.165) is 10.2 Å². The number of fused-ring (bicyclic) bond motifs is 1. The first-order valence-electron chi connectivity index (χ1n) is 5.30. The van der Waals surface area contributed by atoms with E-state index >= 15 is 0 Å². The van der Waals surface area contributed by atoms with Gasteiger partial charge in [0.25, 0.3) is 0 Å². The molecule has 3 N–H and O–H groups in total. The van der Waals surface area contributed by atoms with E-state index in [2.05, 4.69) is 15.3 Å². The lowest BCUT2D eigenvalue weighted by molar-refractivity contribution is 0.147. The Balaban J connectivity index is 2.44. The van der Waals surface area contributed by atoms with Gasteiger partial charge in [0.1, 0.15) is 16.5 Å². The molecule has 0 aliphatic carbocycles. The molecule has 0 spiro atoms. The zero-order valence-corrected chi connectivity index (χ0v) is 10.6. The van der Waals surface area contributed by atoms with Crippen LogP contribution in [0.3, 0.4) is 0 Å². The summed E-state index contributed by atoms with van der Waals surface area (Å²) in [4.78, 5) is 9.54. The molecule has 17 heavy (non-hydrogen) atoms. The van der Waals surface area contributed by atoms with Crippen LogP contribution in [-0.4, -0.2) is 38.9 Å². The van der Waals surface area contributed by atoms with Gasteiger partial charge in [0, 0.05) is 0 Å². The number of aromatic nitrogens is 2. The molecule has 2 heterocycles. The van der Waals surface area contributed by atoms with Gasteiger partial charge in [0.15, 0.2) is 0 Å². The molecule has 0 bridgehead atoms. The zero-order valence-electron chi connectivity index (χ0n) is 9.77. The van der Waals surface area contributed by atoms with Crippen LogP contribution in [0.1, 0.15) is 12.7 Å². The molecule has 2 aromatic rings. The SMILES string of the molecule is Cc1nc(NC(C)(CO)CO)c2ccsc2n1. The fraction of sp³-hybridized carbons (Fsp3) is 0.455. The number of aliphatic hydroxyl groups is 2. The second kappa shape index (κ2) is 4.56. The van der Waals surface area contributed by atoms with Gasteiger partial charge in [-0.15, -0.1) is 11.3 Å². The Kier molecular flexibility index (Phi) is 3.28. The Morgan fingerprint density at radius 1 is 1.35 bits per heavy atom. The number of hydrogen-bond donors (Lipinski definition) is 3. The van der Waals surface area contributed by atoms with Gasteiger partial charge in [-0.1, -0.05) is 0 Å². The molecule has 0 radical (unpaired) electrons. The fourth-order valence-corrected chi connectivity index (χ4v) is 2.28. The highest BCUT2D eigenvalue weighted by Gasteiger charge is 2.23. The van der Waals surface area contributed by atoms with Crippen molar-refractivity contribution in [2.24, 2.45) is 0 Å². The van der Waals surface area contributed by atoms with Crippen molar-refractivity contribution < 1.29 is 10.2 Å². The van der Waals surface area contributed by atoms with Gasteiger partial charge in [-0.2, -0.15) is 0 Å². The average molecular weight is 253 g/mol. The maximum atomic E-state index is 9.28. The van der Waals surface area contributed by atoms with Gasteiger partial charge in [-0.25, -0.2) is 9.97 Å². The third-order valence-electron chi connectivity index (χ3n) is 2.55. The van der Waals surface area contributed by atoms with Gasteiger partial charge in [0.2, 0.25) is 0 Å². The second-order valence-electron chi connectivity index (χ2n) is 4.26. The highest BCUT2D eigenvalue weighted by Crippen LogP contribution is 2.26. The number of nitrogens with zero attached hydrogens (tertiary/aromatic N) is 2. The maximum absolute atomic E-state index is 9.28. The molecule has 0 saturated heterocycles. The van der Waals surface area contributed by atoms with Gasteiger partial charge < -0.3 is 15.5 Å². The molecule has 0 unspecified atom stereocenters. The fourth-order valence-electron chi connectivity index (χ4n) is 1.47. The van der Waals surface area contributed by atoms with E-state index in [9.17, 15) is 10.2 Å². The lowest BCUT2D eigenvalue weighted by Gasteiger charge is -2.27. The molecule has 0 atom stereocenters. The summed E-state index contributed by atoms with van der Waals surface area (Å²) in [6.07, 6.45) is 0. The zero-order chi connectivity index (χ0) is 12.5. The minimum Gasteiger partial charge on any atom is -0.394 e. The smallest absolute Gasteiger partial charge is 0.139 e. The topological polar surface area (TPSA) is 78.3 Å². The molecular formula is C11H15N3O2S. The van der Waals surface area contributed by atoms with E-state index in [1.54, 1.807) is 18.3 Å². The quantitative estimate of drug-likeness (QED) is 0.762. The number of aliphatic hydroxyl groups excluding tert-OH is 2. The Morgan fingerprint density at radius 2 is 2.06 bits per heavy atom. The van der Waals surface area contributed by atoms with E-state index in [4.69, 9.17) is 0 Å². The largest absolute Gasteiger partial charge is 0.394 e. The molecular weight excluding hydrogens is 238 g/mol. The number of rotatable bonds is 4. The highest BCUT2D eigenvalue weighted by atomic mass is 32.1. The number of hydrogen-bond acceptors (Lipinski definition) is 6. The summed E-state index contributed by atoms with van der Waals surface area (Å²) in [5.74, 6) is 1.32. The third kappa shape index (κ3) is 2.38. The van der Waals surface area contributed by atoms with E-state index in [1.165, 1.54) is 0 Å². The monoisotopic (exact) mass is 253 g/mol. The number of anilines is 1. The predicted octanol–water partition coefficient (Wildman–Crippen LogP) is 1.15. The molecule has 92 valence electrons. The van der Waals surface area contributed by atoms with Crippen molar-refractivity contribution >= 4 is 27.4 Å². The van der Waals surface area contributed by atoms with Crippen molar-refractivity contribution in [2.45, 2.75) is 19.4 Å². The lowest BCUT2D eigenvalue weighted by atomic mass is 10.1. The van der Waals surface area contributed by atoms with E-state index in [1.807, 2.05) is 18.4 Å². The maximum Gasteiger partial charge on any atom is 0.139 e. The molecule has 2 rings (SSSR count). The molecule has 0 amide bonds. The van der Waals surface area contributed by atoms with Gasteiger partial charge in [-0.05, 0) is 25.3 Å². The molecule has 0 fully saturated rings. The Bertz CT molecular complexity index is 522. The average Bonchev–Trinajstić information content (AvgIpc) is 2.77. The Morgan fingerprint density at radius 3 is 2.71 bits per heavy atom. The van der Waals surface area contributed by atoms with Crippen LogP contribution in [-0.2, 0) is 0 Å². The minimum atomic E-state index is -0.782. The van der Waals surface area contributed by atoms with Crippen LogP contribution in [0.2, 0.25) is 0 Å². The van der Waals surface area contributed by atoms with E-state index in [-0.39, 0.29) is 13.2 Å². The third-order valence-corrected chi connectivity index (χ3v) is 3.36. The first-order valence-corrected chi connectivity index (χ1v) is 6.18. The first kappa shape index (κ1) is 12.2. The number of nitrogens with one attached hydrogen (secondary N) is 1. The summed E-state index contributed by atoms with van der Waals surface area (Å²) < 4.78 is 0. The number of thiophene rings is 1. The Hall–Kier alpha value is -1.24. The standard InChI is InChI=1S/C11H15N3O2S/c1-7-12-9(14-11(2,5-15)6-16)8-3-4-17-10(8)13-7/h3-4,15-16H,5-6H2,1-2H3,(H,12,13,14). The van der Waals surface area contributed by atoms with Gasteiger partial charge in [0.05, 0.1) is 24.1 Å². The molecule has 0 saturated carbocycles. The summed E-state index contributed by atoms with van der Waals surface area (Å²) in [7, 11) is 0. The van der Waals surface area contributed by atoms with Crippen molar-refractivity contribution in [3.05, 3.63) is 17.3 Å². The molecule has 0 aliphatic heterocycles. The molecule has 5 nitrogen and oxygen atoms in total. The highest BCUT2D eigenvalue weighted by molar-refractivity contribution is 7.16. The summed E-state index contributed by atoms with van der Waals surface area (Å²) in [6.45, 7) is 3.22. The summed E-state index contributed by atoms with van der Waals surface area (Å²) in [5, 5.41) is 24.5. The van der Waals surface area contributed by atoms with Crippen LogP contribution in [0.4, 0.5) is 5.82 Å². The van der Waals surface area contributed by atoms with E-state index in [0.29, 0.717) is 11.6 Å². The lowest BCUT2D eigenvalue weighted by Crippen LogP contribution is -2.42. The van der Waals surface area contributed by atoms with Gasteiger partial charge >= 0.3 is 0 Å². The molecule has 6 heteroatoms. The first-order chi connectivity index (χ1) is 8.08. The van der Waals surface area contributed by atoms with Crippen LogP contribution in [0.25, 0.3) is 10.2 Å². The minimum absolute atomic E-state index is 0.168. The van der Waals surface area contributed by atoms with Crippen LogP contribution in [0, 0.1) is 6.92 Å². The van der Waals surface area contributed by atoms with Gasteiger partial charge in [-0.3, -0.25) is 0 Å². The van der Waals surface area contributed by atoms with Crippen molar-refractivity contribution in [2.75, 3.05) is 18.5 Å². The van der Waals surface area contributed by atoms with Crippen LogP contribution < -0.4 is 5.32 Å². The van der Waals surface area contributed by atoms with E-state index < -0.39 is 5.54 Å². The molecule has 0 aromatic carbocycles. The Labute approximate surface area is 103 Å². The summed E-state index contributed by atoms with van der Waals surface area (Å²) in [6, 6.07) is 1.93. The van der Waals surface area contributed by atoms with Crippen molar-refractivity contribution in [1.29, 1.82) is 0 Å². The van der Waals surface area contributed by atoms with Crippen LogP contribution in [0.5, 0.6) is 0 Å². The second-order valence-corrected chi connectivity index (χ2v) is 5.16. The van der Waals surface area contributed by atoms with Crippen molar-refractivity contribution in [1.82, 2.24) is 9.97 Å². The molecule has 0 aliphatic rings. The van der Waals surface area contributed by atoms with Crippen molar-refractivity contribution in [3.8, 4) is 0 Å². The normalized spacial score (nSPS) is 12.0. The summed E-state index contributed by atoms with van der Waals surface area (Å²) in [5.41, 5.74) is -0.782. The summed E-state index contributed by atoms with van der Waals surface area (Å²) >= 11 is 1.54. The van der Waals surface area contributed by atoms with Crippen LogP contribution in [0.15, 0.2) is 11.4 Å². The van der Waals surface area contributed by atoms with Crippen molar-refractivity contribution in [3.63, 3.8) is 0 Å².